The van der Waals surface area contributed by atoms with Crippen LogP contribution in [0.15, 0.2) is 58.3 Å². The molecule has 2 aromatic carbocycles. The Kier molecular flexibility index (Phi) is 4.20. The van der Waals surface area contributed by atoms with E-state index in [1.807, 2.05) is 11.8 Å². The number of hydrogen-bond acceptors (Lipinski definition) is 4. The average molecular weight is 352 g/mol. The van der Waals surface area contributed by atoms with Crippen LogP contribution < -0.4 is 4.90 Å². The highest BCUT2D eigenvalue weighted by Gasteiger charge is 2.31. The molecule has 1 saturated heterocycles. The molecule has 5 rings (SSSR count). The molecule has 2 fully saturated rings. The molecule has 1 aliphatic carbocycles. The maximum atomic E-state index is 2.69. The molecular weight excluding hydrogens is 326 g/mol. The first-order valence-corrected chi connectivity index (χ1v) is 10.3. The summed E-state index contributed by atoms with van der Waals surface area (Å²) >= 11 is 1.90. The summed E-state index contributed by atoms with van der Waals surface area (Å²) in [6.07, 6.45) is 2.86. The molecule has 2 heterocycles. The van der Waals surface area contributed by atoms with Gasteiger partial charge in [-0.25, -0.2) is 0 Å². The molecule has 0 aromatic heterocycles. The highest BCUT2D eigenvalue weighted by atomic mass is 32.2. The molecule has 3 aliphatic rings. The normalized spacial score (nSPS) is 21.0. The molecule has 25 heavy (non-hydrogen) atoms. The fraction of sp³-hybridized carbons (Fsp3) is 0.429. The number of fused-ring (bicyclic) bond motifs is 2. The molecule has 3 nitrogen and oxygen atoms in total. The van der Waals surface area contributed by atoms with E-state index in [0.29, 0.717) is 0 Å². The monoisotopic (exact) mass is 351 g/mol. The van der Waals surface area contributed by atoms with Crippen molar-refractivity contribution in [3.8, 4) is 0 Å². The predicted molar refractivity (Wildman–Crippen MR) is 105 cm³/mol. The molecule has 4 heteroatoms. The minimum absolute atomic E-state index is 0.917. The van der Waals surface area contributed by atoms with Crippen molar-refractivity contribution in [2.24, 2.45) is 0 Å². The molecule has 2 aliphatic heterocycles. The van der Waals surface area contributed by atoms with Crippen molar-refractivity contribution < 1.29 is 0 Å². The molecular formula is C21H25N3S. The molecule has 0 unspecified atom stereocenters. The van der Waals surface area contributed by atoms with Crippen LogP contribution in [0.4, 0.5) is 11.4 Å². The van der Waals surface area contributed by atoms with Gasteiger partial charge in [-0.15, -0.1) is 0 Å². The van der Waals surface area contributed by atoms with Gasteiger partial charge < -0.3 is 4.90 Å². The number of rotatable bonds is 4. The number of benzene rings is 2. The lowest BCUT2D eigenvalue weighted by molar-refractivity contribution is 0.129. The van der Waals surface area contributed by atoms with E-state index in [-0.39, 0.29) is 0 Å². The SMILES string of the molecule is c1ccc2c(c1)Sc1ccccc1N2CCN1CCN(C2CC2)CC1. The third-order valence-corrected chi connectivity index (χ3v) is 6.77. The van der Waals surface area contributed by atoms with Crippen LogP contribution in [0.5, 0.6) is 0 Å². The molecule has 0 radical (unpaired) electrons. The Bertz CT molecular complexity index is 705. The van der Waals surface area contributed by atoms with E-state index in [2.05, 4.69) is 63.2 Å². The zero-order chi connectivity index (χ0) is 16.6. The Labute approximate surface area is 154 Å². The Hall–Kier alpha value is -1.49. The van der Waals surface area contributed by atoms with Gasteiger partial charge in [0.15, 0.2) is 0 Å². The second-order valence-electron chi connectivity index (χ2n) is 7.30. The first kappa shape index (κ1) is 15.7. The maximum Gasteiger partial charge on any atom is 0.0553 e. The average Bonchev–Trinajstić information content (AvgIpc) is 3.51. The summed E-state index contributed by atoms with van der Waals surface area (Å²) < 4.78 is 0. The van der Waals surface area contributed by atoms with Crippen LogP contribution in [0.25, 0.3) is 0 Å². The lowest BCUT2D eigenvalue weighted by Gasteiger charge is -2.38. The van der Waals surface area contributed by atoms with Crippen LogP contribution in [0.3, 0.4) is 0 Å². The quantitative estimate of drug-likeness (QED) is 0.821. The fourth-order valence-electron chi connectivity index (χ4n) is 4.06. The van der Waals surface area contributed by atoms with Gasteiger partial charge in [0.05, 0.1) is 11.4 Å². The highest BCUT2D eigenvalue weighted by molar-refractivity contribution is 7.99. The summed E-state index contributed by atoms with van der Waals surface area (Å²) in [5.74, 6) is 0. The largest absolute Gasteiger partial charge is 0.338 e. The fourth-order valence-corrected chi connectivity index (χ4v) is 5.15. The van der Waals surface area contributed by atoms with E-state index < -0.39 is 0 Å². The van der Waals surface area contributed by atoms with Crippen LogP contribution in [0.2, 0.25) is 0 Å². The van der Waals surface area contributed by atoms with Crippen LogP contribution in [0.1, 0.15) is 12.8 Å². The molecule has 0 atom stereocenters. The minimum atomic E-state index is 0.917. The van der Waals surface area contributed by atoms with E-state index in [9.17, 15) is 0 Å². The summed E-state index contributed by atoms with van der Waals surface area (Å²) in [5, 5.41) is 0. The summed E-state index contributed by atoms with van der Waals surface area (Å²) in [5.41, 5.74) is 2.73. The number of para-hydroxylation sites is 2. The Balaban J connectivity index is 1.30. The predicted octanol–water partition coefficient (Wildman–Crippen LogP) is 4.07. The van der Waals surface area contributed by atoms with Gasteiger partial charge in [-0.2, -0.15) is 0 Å². The van der Waals surface area contributed by atoms with Gasteiger partial charge in [-0.1, -0.05) is 36.0 Å². The van der Waals surface area contributed by atoms with Gasteiger partial charge in [-0.05, 0) is 37.1 Å². The Morgan fingerprint density at radius 3 is 1.96 bits per heavy atom. The van der Waals surface area contributed by atoms with Crippen molar-refractivity contribution in [3.63, 3.8) is 0 Å². The minimum Gasteiger partial charge on any atom is -0.338 e. The van der Waals surface area contributed by atoms with E-state index in [4.69, 9.17) is 0 Å². The molecule has 130 valence electrons. The molecule has 0 amide bonds. The number of piperazine rings is 1. The second kappa shape index (κ2) is 6.67. The summed E-state index contributed by atoms with van der Waals surface area (Å²) in [6, 6.07) is 18.6. The molecule has 1 saturated carbocycles. The van der Waals surface area contributed by atoms with E-state index in [1.165, 1.54) is 60.2 Å². The van der Waals surface area contributed by atoms with Gasteiger partial charge in [0.2, 0.25) is 0 Å². The lowest BCUT2D eigenvalue weighted by Crippen LogP contribution is -2.48. The van der Waals surface area contributed by atoms with Crippen molar-refractivity contribution in [1.82, 2.24) is 9.80 Å². The van der Waals surface area contributed by atoms with Gasteiger partial charge in [0, 0.05) is 55.1 Å². The number of anilines is 2. The van der Waals surface area contributed by atoms with E-state index >= 15 is 0 Å². The van der Waals surface area contributed by atoms with E-state index in [0.717, 1.165) is 19.1 Å². The molecule has 0 bridgehead atoms. The topological polar surface area (TPSA) is 9.72 Å². The first-order valence-electron chi connectivity index (χ1n) is 9.48. The zero-order valence-electron chi connectivity index (χ0n) is 14.6. The number of hydrogen-bond donors (Lipinski definition) is 0. The van der Waals surface area contributed by atoms with Gasteiger partial charge in [0.1, 0.15) is 0 Å². The van der Waals surface area contributed by atoms with Crippen LogP contribution in [-0.4, -0.2) is 55.1 Å². The summed E-state index contributed by atoms with van der Waals surface area (Å²) in [6.45, 7) is 7.18. The van der Waals surface area contributed by atoms with Crippen molar-refractivity contribution in [1.29, 1.82) is 0 Å². The van der Waals surface area contributed by atoms with Crippen molar-refractivity contribution >= 4 is 23.1 Å². The van der Waals surface area contributed by atoms with Gasteiger partial charge in [-0.3, -0.25) is 9.80 Å². The lowest BCUT2D eigenvalue weighted by atomic mass is 10.2. The Morgan fingerprint density at radius 2 is 1.36 bits per heavy atom. The van der Waals surface area contributed by atoms with Gasteiger partial charge in [0.25, 0.3) is 0 Å². The van der Waals surface area contributed by atoms with Crippen LogP contribution >= 0.6 is 11.8 Å². The highest BCUT2D eigenvalue weighted by Crippen LogP contribution is 2.47. The summed E-state index contributed by atoms with van der Waals surface area (Å²) in [4.78, 5) is 10.6. The third kappa shape index (κ3) is 3.19. The first-order chi connectivity index (χ1) is 12.4. The van der Waals surface area contributed by atoms with E-state index in [1.54, 1.807) is 0 Å². The van der Waals surface area contributed by atoms with Crippen molar-refractivity contribution in [2.75, 3.05) is 44.2 Å². The van der Waals surface area contributed by atoms with Gasteiger partial charge >= 0.3 is 0 Å². The van der Waals surface area contributed by atoms with Crippen LogP contribution in [0, 0.1) is 0 Å². The maximum absolute atomic E-state index is 2.69. The number of nitrogens with zero attached hydrogens (tertiary/aromatic N) is 3. The third-order valence-electron chi connectivity index (χ3n) is 5.64. The van der Waals surface area contributed by atoms with Crippen molar-refractivity contribution in [2.45, 2.75) is 28.7 Å². The second-order valence-corrected chi connectivity index (χ2v) is 8.38. The van der Waals surface area contributed by atoms with Crippen molar-refractivity contribution in [3.05, 3.63) is 48.5 Å². The standard InChI is InChI=1S/C21H25N3S/c1-3-7-20-18(5-1)24(19-6-2-4-8-21(19)25-20)16-13-22-11-14-23(15-12-22)17-9-10-17/h1-8,17H,9-16H2. The molecule has 0 spiro atoms. The Morgan fingerprint density at radius 1 is 0.760 bits per heavy atom. The zero-order valence-corrected chi connectivity index (χ0v) is 15.4. The van der Waals surface area contributed by atoms with Crippen LogP contribution in [-0.2, 0) is 0 Å². The molecule has 0 N–H and O–H groups in total. The molecule has 2 aromatic rings. The smallest absolute Gasteiger partial charge is 0.0553 e. The summed E-state index contributed by atoms with van der Waals surface area (Å²) in [7, 11) is 0.